The fourth-order valence-corrected chi connectivity index (χ4v) is 15.7. The number of esters is 1. The van der Waals surface area contributed by atoms with E-state index in [4.69, 9.17) is 49.0 Å². The number of aliphatic hydroxyl groups is 1. The molecule has 3 saturated heterocycles. The summed E-state index contributed by atoms with van der Waals surface area (Å²) in [5, 5.41) is 32.8. The Morgan fingerprint density at radius 3 is 2.08 bits per heavy atom. The highest BCUT2D eigenvalue weighted by atomic mass is 16.6. The smallest absolute Gasteiger partial charge is 0.407 e. The lowest BCUT2D eigenvalue weighted by atomic mass is 9.83. The van der Waals surface area contributed by atoms with Crippen molar-refractivity contribution >= 4 is 87.4 Å². The molecule has 4 fully saturated rings. The SMILES string of the molecule is CO[C@H]1CC2CCCC(O2)C(=O)C(=O)N2CCCC[C@H]2C(=O)O[C@H](CCC2CCC(OC(=O)NCCOCCOCCOCCOCCC(=O)NCc3cnc(N4CCN(c5ncc(C(=O)NCCCCNc6ncnc(N)c6C(=N)c6cnc7[nH]ccc7c6)cn5)CC4)nc3)CC2)CC(=O)[C@H](C)/C=C(\C)[C@@H](O)CC(=O)[C@H](C)C[C@H](C)/C=C/C=CC=C1C. The Labute approximate surface area is 719 Å². The van der Waals surface area contributed by atoms with Gasteiger partial charge in [0, 0.05) is 157 Å². The molecule has 2 bridgehead atoms. The number of fused-ring (bicyclic) bond motifs is 4. The van der Waals surface area contributed by atoms with Gasteiger partial charge < -0.3 is 89.7 Å². The highest BCUT2D eigenvalue weighted by Gasteiger charge is 2.42. The molecule has 4 aliphatic heterocycles. The quantitative estimate of drug-likeness (QED) is 0.00639. The predicted octanol–water partition coefficient (Wildman–Crippen LogP) is 8.82. The number of nitrogens with zero attached hydrogens (tertiary/aromatic N) is 10. The zero-order valence-electron chi connectivity index (χ0n) is 72.0. The molecule has 5 aromatic rings. The molecule has 9 N–H and O–H groups in total. The number of cyclic esters (lactones) is 1. The van der Waals surface area contributed by atoms with Crippen LogP contribution in [0.2, 0.25) is 0 Å². The highest BCUT2D eigenvalue weighted by Crippen LogP contribution is 2.34. The summed E-state index contributed by atoms with van der Waals surface area (Å²) in [5.74, 6) is -1.90. The number of nitrogen functional groups attached to an aromatic ring is 1. The van der Waals surface area contributed by atoms with Crippen molar-refractivity contribution < 1.29 is 81.4 Å². The van der Waals surface area contributed by atoms with E-state index >= 15 is 0 Å². The lowest BCUT2D eigenvalue weighted by Gasteiger charge is -2.36. The van der Waals surface area contributed by atoms with Gasteiger partial charge in [0.25, 0.3) is 11.8 Å². The van der Waals surface area contributed by atoms with Gasteiger partial charge in [-0.25, -0.2) is 44.5 Å². The standard InChI is InChI=1S/C89H125N17O17/c1-58-15-8-7-9-16-59(2)76(116-6)49-69-17-14-19-75(121-69)80(111)85(113)106-32-13-10-18-71(106)86(114)122-70(48-72(107)61(4)46-62(5)74(109)50-73(108)60(3)45-58)25-22-63-20-23-68(24-21-63)123-89(115)95-31-38-118-40-42-120-44-43-119-41-39-117-37-27-77(110)96-51-64-52-98-87(99-53-64)104-33-35-105(36-34-104)88-100-55-67(56-101-88)84(112)94-29-12-11-28-92-83-78(81(91)102-57-103-83)79(90)66-47-65-26-30-93-82(65)97-54-66/h7-9,15-16,26,30,46-47,52-58,60-61,63,68-71,74-76,90,109H,10-14,17-25,27-29,31-45,48-51H2,1-6H3,(H,93,97)(H,94,112)(H,95,115)(H,96,110)(H3,91,92,102,103)/b9-7?,15-8+,59-16?,62-46+,90-79?/t58-,60-,61-,63?,68?,69?,70-,71+,74+,75?,76+/m1/s1. The molecule has 9 atom stereocenters. The Kier molecular flexibility index (Phi) is 38.4. The molecule has 34 heteroatoms. The van der Waals surface area contributed by atoms with Gasteiger partial charge in [0.1, 0.15) is 59.5 Å². The number of ketones is 3. The number of ether oxygens (including phenoxy) is 8. The predicted molar refractivity (Wildman–Crippen MR) is 462 cm³/mol. The number of pyridine rings is 1. The van der Waals surface area contributed by atoms with Gasteiger partial charge in [-0.1, -0.05) is 57.2 Å². The Morgan fingerprint density at radius 1 is 0.683 bits per heavy atom. The number of anilines is 4. The van der Waals surface area contributed by atoms with Crippen LogP contribution in [0.3, 0.4) is 0 Å². The van der Waals surface area contributed by atoms with Gasteiger partial charge in [0.15, 0.2) is 0 Å². The molecule has 10 rings (SSSR count). The summed E-state index contributed by atoms with van der Waals surface area (Å²) in [6, 6.07) is 2.72. The van der Waals surface area contributed by atoms with Crippen molar-refractivity contribution in [2.24, 2.45) is 23.7 Å². The molecular formula is C89H125N17O17. The van der Waals surface area contributed by atoms with Crippen LogP contribution < -0.4 is 36.8 Å². The van der Waals surface area contributed by atoms with Crippen LogP contribution >= 0.6 is 0 Å². The topological polar surface area (TPSA) is 444 Å². The number of aromatic amines is 1. The van der Waals surface area contributed by atoms with Crippen LogP contribution in [0.15, 0.2) is 103 Å². The molecule has 0 radical (unpaired) electrons. The minimum atomic E-state index is -1.09. The Balaban J connectivity index is 0.541. The molecule has 668 valence electrons. The number of amides is 4. The van der Waals surface area contributed by atoms with Crippen molar-refractivity contribution in [2.75, 3.05) is 133 Å². The number of carbonyl (C=O) groups is 8. The molecule has 5 aromatic heterocycles. The third-order valence-electron chi connectivity index (χ3n) is 23.1. The summed E-state index contributed by atoms with van der Waals surface area (Å²) in [4.78, 5) is 148. The van der Waals surface area contributed by atoms with Gasteiger partial charge in [-0.2, -0.15) is 0 Å². The number of allylic oxidation sites excluding steroid dienone is 6. The zero-order valence-corrected chi connectivity index (χ0v) is 72.0. The van der Waals surface area contributed by atoms with Crippen LogP contribution in [-0.4, -0.2) is 258 Å². The number of nitrogens with two attached hydrogens (primary N) is 1. The van der Waals surface area contributed by atoms with E-state index in [0.29, 0.717) is 209 Å². The van der Waals surface area contributed by atoms with Crippen LogP contribution in [0, 0.1) is 29.1 Å². The Hall–Kier alpha value is -10.4. The van der Waals surface area contributed by atoms with Crippen molar-refractivity contribution in [3.05, 3.63) is 125 Å². The highest BCUT2D eigenvalue weighted by molar-refractivity contribution is 6.38. The number of aliphatic hydroxyl groups excluding tert-OH is 1. The molecule has 34 nitrogen and oxygen atoms in total. The number of alkyl carbamates (subject to hydrolysis) is 1. The first-order valence-electron chi connectivity index (χ1n) is 43.5. The van der Waals surface area contributed by atoms with Gasteiger partial charge in [-0.15, -0.1) is 0 Å². The first kappa shape index (κ1) is 94.9. The lowest BCUT2D eigenvalue weighted by molar-refractivity contribution is -0.167. The lowest BCUT2D eigenvalue weighted by Crippen LogP contribution is -2.54. The molecular weight excluding hydrogens is 1580 g/mol. The van der Waals surface area contributed by atoms with E-state index in [1.165, 1.54) is 23.6 Å². The molecule has 2 unspecified atom stereocenters. The number of hydrogen-bond acceptors (Lipinski definition) is 29. The average Bonchev–Trinajstić information content (AvgIpc) is 1.79. The first-order chi connectivity index (χ1) is 59.6. The molecule has 5 aliphatic rings. The number of aromatic nitrogens is 8. The van der Waals surface area contributed by atoms with Gasteiger partial charge in [-0.05, 0) is 145 Å². The number of unbranched alkanes of at least 4 members (excludes halogenated alkanes) is 1. The van der Waals surface area contributed by atoms with E-state index in [2.05, 4.69) is 66.0 Å². The van der Waals surface area contributed by atoms with Gasteiger partial charge in [0.2, 0.25) is 23.6 Å². The molecule has 1 saturated carbocycles. The van der Waals surface area contributed by atoms with E-state index in [1.807, 2.05) is 68.2 Å². The van der Waals surface area contributed by atoms with Gasteiger partial charge in [0.05, 0.1) is 88.0 Å². The maximum absolute atomic E-state index is 14.4. The number of piperidine rings is 1. The van der Waals surface area contributed by atoms with E-state index in [-0.39, 0.29) is 123 Å². The molecule has 0 spiro atoms. The number of piperazine rings is 1. The van der Waals surface area contributed by atoms with Gasteiger partial charge >= 0.3 is 12.1 Å². The number of rotatable bonds is 33. The molecule has 9 heterocycles. The summed E-state index contributed by atoms with van der Waals surface area (Å²) >= 11 is 0. The van der Waals surface area contributed by atoms with E-state index in [0.717, 1.165) is 35.0 Å². The van der Waals surface area contributed by atoms with Crippen molar-refractivity contribution in [1.29, 1.82) is 5.41 Å². The van der Waals surface area contributed by atoms with Crippen LogP contribution in [-0.2, 0) is 73.2 Å². The normalized spacial score (nSPS) is 24.0. The third kappa shape index (κ3) is 30.2. The maximum Gasteiger partial charge on any atom is 0.407 e. The Bertz CT molecular complexity index is 4390. The van der Waals surface area contributed by atoms with Crippen LogP contribution in [0.1, 0.15) is 184 Å². The second-order valence-corrected chi connectivity index (χ2v) is 32.5. The second-order valence-electron chi connectivity index (χ2n) is 32.5. The molecule has 1 aliphatic carbocycles. The summed E-state index contributed by atoms with van der Waals surface area (Å²) in [5.41, 5.74) is 10.6. The number of H-pyrrole nitrogens is 1. The van der Waals surface area contributed by atoms with Crippen molar-refractivity contribution in [1.82, 2.24) is 60.7 Å². The average molecular weight is 1710 g/mol. The number of carbonyl (C=O) groups excluding carboxylic acids is 8. The van der Waals surface area contributed by atoms with Crippen molar-refractivity contribution in [2.45, 2.75) is 206 Å². The largest absolute Gasteiger partial charge is 0.460 e. The minimum Gasteiger partial charge on any atom is -0.460 e. The van der Waals surface area contributed by atoms with Gasteiger partial charge in [-0.3, -0.25) is 34.2 Å². The number of nitrogens with one attached hydrogen (secondary N) is 6. The van der Waals surface area contributed by atoms with E-state index in [9.17, 15) is 43.5 Å². The fourth-order valence-electron chi connectivity index (χ4n) is 15.7. The monoisotopic (exact) mass is 1700 g/mol. The fraction of sp³-hybridized carbons (Fsp3) is 0.596. The molecule has 123 heavy (non-hydrogen) atoms. The third-order valence-corrected chi connectivity index (χ3v) is 23.1. The second kappa shape index (κ2) is 49.8. The zero-order chi connectivity index (χ0) is 87.4. The Morgan fingerprint density at radius 2 is 1.37 bits per heavy atom. The molecule has 0 aromatic carbocycles. The molecule has 4 amide bonds. The van der Waals surface area contributed by atoms with E-state index in [1.54, 1.807) is 51.8 Å². The number of hydrogen-bond donors (Lipinski definition) is 8. The summed E-state index contributed by atoms with van der Waals surface area (Å²) in [6.07, 6.45) is 27.6. The maximum atomic E-state index is 14.4. The van der Waals surface area contributed by atoms with Crippen molar-refractivity contribution in [3.8, 4) is 0 Å². The number of methoxy groups -OCH3 is 1. The van der Waals surface area contributed by atoms with Crippen LogP contribution in [0.25, 0.3) is 11.0 Å². The van der Waals surface area contributed by atoms with E-state index < -0.39 is 54.0 Å². The summed E-state index contributed by atoms with van der Waals surface area (Å²) in [7, 11) is 1.63. The minimum absolute atomic E-state index is 0.0795. The summed E-state index contributed by atoms with van der Waals surface area (Å²) in [6.45, 7) is 15.9. The van der Waals surface area contributed by atoms with Crippen molar-refractivity contribution in [3.63, 3.8) is 0 Å². The first-order valence-corrected chi connectivity index (χ1v) is 43.5. The van der Waals surface area contributed by atoms with Crippen LogP contribution in [0.5, 0.6) is 0 Å². The van der Waals surface area contributed by atoms with Crippen LogP contribution in [0.4, 0.5) is 28.3 Å². The number of Topliss-reactive ketones (excluding diaryl/α,β-unsaturated/α-hetero) is 3. The summed E-state index contributed by atoms with van der Waals surface area (Å²) < 4.78 is 46.7.